The van der Waals surface area contributed by atoms with Gasteiger partial charge in [-0.25, -0.2) is 4.98 Å². The van der Waals surface area contributed by atoms with Gasteiger partial charge in [-0.05, 0) is 43.7 Å². The first-order valence-electron chi connectivity index (χ1n) is 9.05. The molecule has 0 unspecified atom stereocenters. The Bertz CT molecular complexity index is 970. The molecule has 7 heteroatoms. The van der Waals surface area contributed by atoms with Gasteiger partial charge in [-0.2, -0.15) is 0 Å². The average molecular weight is 381 g/mol. The summed E-state index contributed by atoms with van der Waals surface area (Å²) in [7, 11) is 0. The number of benzene rings is 2. The summed E-state index contributed by atoms with van der Waals surface area (Å²) in [5.41, 5.74) is 1.76. The molecule has 1 amide bonds. The molecule has 0 spiro atoms. The Balaban J connectivity index is 1.28. The molecule has 1 aromatic heterocycles. The second kappa shape index (κ2) is 6.83. The van der Waals surface area contributed by atoms with Crippen LogP contribution in [0.3, 0.4) is 0 Å². The minimum Gasteiger partial charge on any atom is -0.454 e. The highest BCUT2D eigenvalue weighted by Gasteiger charge is 2.30. The molecule has 0 radical (unpaired) electrons. The lowest BCUT2D eigenvalue weighted by molar-refractivity contribution is -0.117. The van der Waals surface area contributed by atoms with E-state index >= 15 is 0 Å². The summed E-state index contributed by atoms with van der Waals surface area (Å²) < 4.78 is 11.9. The highest BCUT2D eigenvalue weighted by molar-refractivity contribution is 7.18. The van der Waals surface area contributed by atoms with Crippen molar-refractivity contribution in [2.24, 2.45) is 0 Å². The number of nitrogens with one attached hydrogen (secondary N) is 1. The Morgan fingerprint density at radius 2 is 2.11 bits per heavy atom. The number of hydrogen-bond donors (Lipinski definition) is 1. The maximum Gasteiger partial charge on any atom is 0.238 e. The van der Waals surface area contributed by atoms with Crippen molar-refractivity contribution < 1.29 is 14.3 Å². The van der Waals surface area contributed by atoms with Crippen molar-refractivity contribution in [2.75, 3.05) is 25.2 Å². The van der Waals surface area contributed by atoms with Crippen LogP contribution in [-0.2, 0) is 4.79 Å². The number of amides is 1. The molecule has 3 heterocycles. The van der Waals surface area contributed by atoms with E-state index in [0.29, 0.717) is 18.0 Å². The third-order valence-electron chi connectivity index (χ3n) is 4.96. The summed E-state index contributed by atoms with van der Waals surface area (Å²) in [6.45, 7) is 1.49. The molecule has 0 aliphatic carbocycles. The van der Waals surface area contributed by atoms with Gasteiger partial charge < -0.3 is 14.8 Å². The fourth-order valence-corrected chi connectivity index (χ4v) is 4.82. The second-order valence-corrected chi connectivity index (χ2v) is 7.83. The minimum absolute atomic E-state index is 0.0260. The first-order chi connectivity index (χ1) is 13.3. The number of anilines is 1. The van der Waals surface area contributed by atoms with Crippen LogP contribution in [0.15, 0.2) is 42.5 Å². The van der Waals surface area contributed by atoms with E-state index in [0.717, 1.165) is 35.6 Å². The van der Waals surface area contributed by atoms with Gasteiger partial charge in [0.25, 0.3) is 0 Å². The van der Waals surface area contributed by atoms with E-state index in [1.54, 1.807) is 17.4 Å². The second-order valence-electron chi connectivity index (χ2n) is 6.76. The number of hydrogen-bond acceptors (Lipinski definition) is 6. The normalized spacial score (nSPS) is 18.9. The van der Waals surface area contributed by atoms with E-state index in [2.05, 4.69) is 16.3 Å². The molecule has 1 N–H and O–H groups in total. The Kier molecular flexibility index (Phi) is 4.18. The smallest absolute Gasteiger partial charge is 0.238 e. The number of thiazole rings is 1. The molecule has 3 aromatic rings. The van der Waals surface area contributed by atoms with Gasteiger partial charge in [0, 0.05) is 11.8 Å². The van der Waals surface area contributed by atoms with Crippen molar-refractivity contribution in [1.82, 2.24) is 9.88 Å². The standard InChI is InChI=1S/C20H19N3O3S/c24-19(21-13-7-8-16-17(10-13)26-12-25-16)11-23-9-3-5-15(23)20-22-14-4-1-2-6-18(14)27-20/h1-2,4,6-8,10,15H,3,5,9,11-12H2,(H,21,24)/t15-/m0/s1. The summed E-state index contributed by atoms with van der Waals surface area (Å²) in [5, 5.41) is 4.07. The Hall–Kier alpha value is -2.64. The minimum atomic E-state index is -0.0260. The number of para-hydroxylation sites is 1. The number of aromatic nitrogens is 1. The van der Waals surface area contributed by atoms with Crippen LogP contribution < -0.4 is 14.8 Å². The Labute approximate surface area is 160 Å². The number of ether oxygens (including phenoxy) is 2. The van der Waals surface area contributed by atoms with E-state index in [9.17, 15) is 4.79 Å². The van der Waals surface area contributed by atoms with Crippen LogP contribution in [0.5, 0.6) is 11.5 Å². The fraction of sp³-hybridized carbons (Fsp3) is 0.300. The Morgan fingerprint density at radius 3 is 3.04 bits per heavy atom. The topological polar surface area (TPSA) is 63.7 Å². The van der Waals surface area contributed by atoms with Gasteiger partial charge in [0.15, 0.2) is 11.5 Å². The van der Waals surface area contributed by atoms with Gasteiger partial charge in [-0.15, -0.1) is 11.3 Å². The monoisotopic (exact) mass is 381 g/mol. The molecule has 1 atom stereocenters. The van der Waals surface area contributed by atoms with Crippen molar-refractivity contribution in [3.05, 3.63) is 47.5 Å². The summed E-state index contributed by atoms with van der Waals surface area (Å²) in [5.74, 6) is 1.35. The van der Waals surface area contributed by atoms with E-state index < -0.39 is 0 Å². The van der Waals surface area contributed by atoms with Gasteiger partial charge in [-0.3, -0.25) is 9.69 Å². The van der Waals surface area contributed by atoms with Crippen LogP contribution in [0.25, 0.3) is 10.2 Å². The molecule has 6 nitrogen and oxygen atoms in total. The number of carbonyl (C=O) groups is 1. The van der Waals surface area contributed by atoms with Crippen molar-refractivity contribution in [3.63, 3.8) is 0 Å². The maximum absolute atomic E-state index is 12.6. The highest BCUT2D eigenvalue weighted by atomic mass is 32.1. The van der Waals surface area contributed by atoms with Crippen LogP contribution in [0.1, 0.15) is 23.9 Å². The fourth-order valence-electron chi connectivity index (χ4n) is 3.69. The largest absolute Gasteiger partial charge is 0.454 e. The SMILES string of the molecule is O=C(CN1CCC[C@H]1c1nc2ccccc2s1)Nc1ccc2c(c1)OCO2. The molecule has 5 rings (SSSR count). The third kappa shape index (κ3) is 3.24. The lowest BCUT2D eigenvalue weighted by Gasteiger charge is -2.22. The van der Waals surface area contributed by atoms with Crippen LogP contribution in [0.2, 0.25) is 0 Å². The van der Waals surface area contributed by atoms with Crippen molar-refractivity contribution in [1.29, 1.82) is 0 Å². The third-order valence-corrected chi connectivity index (χ3v) is 6.10. The van der Waals surface area contributed by atoms with Gasteiger partial charge in [0.1, 0.15) is 5.01 Å². The van der Waals surface area contributed by atoms with Crippen molar-refractivity contribution in [2.45, 2.75) is 18.9 Å². The molecule has 2 aliphatic heterocycles. The number of rotatable bonds is 4. The predicted molar refractivity (Wildman–Crippen MR) is 104 cm³/mol. The van der Waals surface area contributed by atoms with Crippen LogP contribution in [-0.4, -0.2) is 35.7 Å². The van der Waals surface area contributed by atoms with E-state index in [1.807, 2.05) is 30.3 Å². The molecule has 0 bridgehead atoms. The molecule has 27 heavy (non-hydrogen) atoms. The maximum atomic E-state index is 12.6. The molecule has 1 fully saturated rings. The summed E-state index contributed by atoms with van der Waals surface area (Å²) in [6.07, 6.45) is 2.12. The number of likely N-dealkylation sites (tertiary alicyclic amines) is 1. The molecule has 2 aliphatic rings. The molecular formula is C20H19N3O3S. The predicted octanol–water partition coefficient (Wildman–Crippen LogP) is 3.80. The van der Waals surface area contributed by atoms with Gasteiger partial charge in [-0.1, -0.05) is 12.1 Å². The van der Waals surface area contributed by atoms with E-state index in [4.69, 9.17) is 14.5 Å². The first kappa shape index (κ1) is 16.5. The van der Waals surface area contributed by atoms with Crippen LogP contribution in [0.4, 0.5) is 5.69 Å². The molecule has 138 valence electrons. The van der Waals surface area contributed by atoms with Gasteiger partial charge >= 0.3 is 0 Å². The van der Waals surface area contributed by atoms with Crippen LogP contribution in [0, 0.1) is 0 Å². The summed E-state index contributed by atoms with van der Waals surface area (Å²) >= 11 is 1.73. The van der Waals surface area contributed by atoms with Crippen LogP contribution >= 0.6 is 11.3 Å². The lowest BCUT2D eigenvalue weighted by Crippen LogP contribution is -2.32. The number of carbonyl (C=O) groups excluding carboxylic acids is 1. The zero-order chi connectivity index (χ0) is 18.2. The van der Waals surface area contributed by atoms with Gasteiger partial charge in [0.2, 0.25) is 12.7 Å². The lowest BCUT2D eigenvalue weighted by atomic mass is 10.2. The molecular weight excluding hydrogens is 362 g/mol. The van der Waals surface area contributed by atoms with Crippen molar-refractivity contribution in [3.8, 4) is 11.5 Å². The average Bonchev–Trinajstić information content (AvgIpc) is 3.39. The number of fused-ring (bicyclic) bond motifs is 2. The highest BCUT2D eigenvalue weighted by Crippen LogP contribution is 2.37. The Morgan fingerprint density at radius 1 is 1.22 bits per heavy atom. The van der Waals surface area contributed by atoms with Gasteiger partial charge in [0.05, 0.1) is 22.8 Å². The first-order valence-corrected chi connectivity index (χ1v) is 9.87. The molecule has 1 saturated heterocycles. The van der Waals surface area contributed by atoms with E-state index in [1.165, 1.54) is 4.70 Å². The molecule has 0 saturated carbocycles. The number of nitrogens with zero attached hydrogens (tertiary/aromatic N) is 2. The summed E-state index contributed by atoms with van der Waals surface area (Å²) in [4.78, 5) is 19.6. The summed E-state index contributed by atoms with van der Waals surface area (Å²) in [6, 6.07) is 13.9. The zero-order valence-corrected chi connectivity index (χ0v) is 15.5. The molecule has 2 aromatic carbocycles. The quantitative estimate of drug-likeness (QED) is 0.745. The van der Waals surface area contributed by atoms with E-state index in [-0.39, 0.29) is 18.7 Å². The zero-order valence-electron chi connectivity index (χ0n) is 14.7. The van der Waals surface area contributed by atoms with Crippen molar-refractivity contribution >= 4 is 33.1 Å².